The fourth-order valence-corrected chi connectivity index (χ4v) is 4.09. The number of sulfonamides is 1. The molecule has 2 aromatic rings. The number of hydrogen-bond acceptors (Lipinski definition) is 4. The highest BCUT2D eigenvalue weighted by Gasteiger charge is 2.35. The number of hydrazone groups is 1. The number of rotatable bonds is 5. The highest BCUT2D eigenvalue weighted by molar-refractivity contribution is 9.10. The molecular formula is C19H18BrN3O3S. The van der Waals surface area contributed by atoms with Gasteiger partial charge in [-0.05, 0) is 37.3 Å². The third kappa shape index (κ3) is 3.54. The summed E-state index contributed by atoms with van der Waals surface area (Å²) < 4.78 is 27.2. The van der Waals surface area contributed by atoms with Crippen molar-refractivity contribution < 1.29 is 13.2 Å². The van der Waals surface area contributed by atoms with E-state index in [9.17, 15) is 13.2 Å². The number of fused-ring (bicyclic) bond motifs is 1. The molecule has 0 saturated carbocycles. The van der Waals surface area contributed by atoms with Crippen molar-refractivity contribution in [2.75, 3.05) is 18.5 Å². The molecule has 0 atom stereocenters. The number of anilines is 1. The van der Waals surface area contributed by atoms with Crippen LogP contribution >= 0.6 is 15.9 Å². The molecule has 0 spiro atoms. The minimum atomic E-state index is -3.87. The molecule has 1 amide bonds. The van der Waals surface area contributed by atoms with Crippen LogP contribution in [0.5, 0.6) is 0 Å². The van der Waals surface area contributed by atoms with Crippen molar-refractivity contribution in [3.63, 3.8) is 0 Å². The molecule has 8 heteroatoms. The van der Waals surface area contributed by atoms with Gasteiger partial charge in [-0.15, -0.1) is 6.58 Å². The number of amides is 1. The molecule has 0 aromatic heterocycles. The lowest BCUT2D eigenvalue weighted by Gasteiger charge is -2.15. The Labute approximate surface area is 167 Å². The average molecular weight is 448 g/mol. The first-order chi connectivity index (χ1) is 12.8. The molecule has 1 heterocycles. The maximum Gasteiger partial charge on any atom is 0.279 e. The SMILES string of the molecule is C=CCN1C(=O)C(=NN(C)S(=O)(=O)c2ccc(C)cc2)c2cc(Br)ccc21. The standard InChI is InChI=1S/C19H18BrN3O3S/c1-4-11-23-17-10-7-14(20)12-16(17)18(19(23)24)21-22(3)27(25,26)15-8-5-13(2)6-9-15/h4-10,12H,1,11H2,2-3H3. The lowest BCUT2D eigenvalue weighted by atomic mass is 10.1. The molecule has 0 saturated heterocycles. The first-order valence-corrected chi connectivity index (χ1v) is 10.4. The number of aryl methyl sites for hydroxylation is 1. The molecule has 0 fully saturated rings. The van der Waals surface area contributed by atoms with Crippen LogP contribution in [0.2, 0.25) is 0 Å². The maximum absolute atomic E-state index is 12.8. The van der Waals surface area contributed by atoms with Crippen molar-refractivity contribution in [1.29, 1.82) is 0 Å². The summed E-state index contributed by atoms with van der Waals surface area (Å²) >= 11 is 3.38. The first kappa shape index (κ1) is 19.3. The molecule has 1 aliphatic heterocycles. The summed E-state index contributed by atoms with van der Waals surface area (Å²) in [6.07, 6.45) is 1.61. The molecule has 0 aliphatic carbocycles. The van der Waals surface area contributed by atoms with Crippen LogP contribution < -0.4 is 4.90 Å². The Morgan fingerprint density at radius 1 is 1.22 bits per heavy atom. The lowest BCUT2D eigenvalue weighted by molar-refractivity contribution is -0.112. The number of halogens is 1. The zero-order valence-corrected chi connectivity index (χ0v) is 17.3. The number of carbonyl (C=O) groups is 1. The van der Waals surface area contributed by atoms with Crippen molar-refractivity contribution in [2.24, 2.45) is 5.10 Å². The van der Waals surface area contributed by atoms with Crippen molar-refractivity contribution >= 4 is 43.3 Å². The first-order valence-electron chi connectivity index (χ1n) is 8.12. The number of benzene rings is 2. The highest BCUT2D eigenvalue weighted by Crippen LogP contribution is 2.32. The van der Waals surface area contributed by atoms with Gasteiger partial charge >= 0.3 is 0 Å². The molecule has 6 nitrogen and oxygen atoms in total. The quantitative estimate of drug-likeness (QED) is 0.521. The van der Waals surface area contributed by atoms with Gasteiger partial charge in [-0.25, -0.2) is 0 Å². The average Bonchev–Trinajstić information content (AvgIpc) is 2.87. The summed E-state index contributed by atoms with van der Waals surface area (Å²) in [5.41, 5.74) is 2.27. The van der Waals surface area contributed by atoms with E-state index in [1.807, 2.05) is 13.0 Å². The van der Waals surface area contributed by atoms with Crippen LogP contribution in [0, 0.1) is 6.92 Å². The fraction of sp³-hybridized carbons (Fsp3) is 0.158. The lowest BCUT2D eigenvalue weighted by Crippen LogP contribution is -2.32. The topological polar surface area (TPSA) is 70.1 Å². The zero-order valence-electron chi connectivity index (χ0n) is 14.9. The predicted molar refractivity (Wildman–Crippen MR) is 109 cm³/mol. The largest absolute Gasteiger partial charge is 0.302 e. The minimum absolute atomic E-state index is 0.0753. The summed E-state index contributed by atoms with van der Waals surface area (Å²) in [5, 5.41) is 4.16. The molecular weight excluding hydrogens is 430 g/mol. The van der Waals surface area contributed by atoms with E-state index in [0.717, 1.165) is 14.5 Å². The van der Waals surface area contributed by atoms with Crippen LogP contribution in [0.4, 0.5) is 5.69 Å². The maximum atomic E-state index is 12.8. The second kappa shape index (κ2) is 7.28. The zero-order chi connectivity index (χ0) is 19.8. The second-order valence-electron chi connectivity index (χ2n) is 6.07. The molecule has 0 radical (unpaired) electrons. The van der Waals surface area contributed by atoms with Gasteiger partial charge in [-0.3, -0.25) is 4.79 Å². The Hall–Kier alpha value is -2.45. The molecule has 0 N–H and O–H groups in total. The van der Waals surface area contributed by atoms with Crippen molar-refractivity contribution in [1.82, 2.24) is 4.41 Å². The van der Waals surface area contributed by atoms with Gasteiger partial charge in [-0.1, -0.05) is 39.7 Å². The number of nitrogens with zero attached hydrogens (tertiary/aromatic N) is 3. The molecule has 140 valence electrons. The van der Waals surface area contributed by atoms with Gasteiger partial charge in [0.1, 0.15) is 0 Å². The molecule has 0 bridgehead atoms. The van der Waals surface area contributed by atoms with Crippen LogP contribution in [0.1, 0.15) is 11.1 Å². The van der Waals surface area contributed by atoms with Gasteiger partial charge in [0.05, 0.1) is 10.6 Å². The summed E-state index contributed by atoms with van der Waals surface area (Å²) in [6, 6.07) is 11.8. The Morgan fingerprint density at radius 2 is 1.89 bits per heavy atom. The van der Waals surface area contributed by atoms with Gasteiger partial charge in [0, 0.05) is 23.6 Å². The predicted octanol–water partition coefficient (Wildman–Crippen LogP) is 3.31. The number of carbonyl (C=O) groups excluding carboxylic acids is 1. The third-order valence-electron chi connectivity index (χ3n) is 4.17. The molecule has 3 rings (SSSR count). The Morgan fingerprint density at radius 3 is 2.52 bits per heavy atom. The van der Waals surface area contributed by atoms with E-state index < -0.39 is 10.0 Å². The minimum Gasteiger partial charge on any atom is -0.302 e. The van der Waals surface area contributed by atoms with Gasteiger partial charge in [0.25, 0.3) is 15.9 Å². The van der Waals surface area contributed by atoms with E-state index in [1.54, 1.807) is 30.3 Å². The highest BCUT2D eigenvalue weighted by atomic mass is 79.9. The van der Waals surface area contributed by atoms with Gasteiger partial charge in [-0.2, -0.15) is 17.9 Å². The third-order valence-corrected chi connectivity index (χ3v) is 6.31. The van der Waals surface area contributed by atoms with E-state index in [4.69, 9.17) is 0 Å². The normalized spacial score (nSPS) is 15.1. The van der Waals surface area contributed by atoms with Crippen LogP contribution in [0.3, 0.4) is 0 Å². The monoisotopic (exact) mass is 447 g/mol. The molecule has 27 heavy (non-hydrogen) atoms. The molecule has 2 aromatic carbocycles. The van der Waals surface area contributed by atoms with E-state index in [1.165, 1.54) is 24.1 Å². The molecule has 0 unspecified atom stereocenters. The van der Waals surface area contributed by atoms with Gasteiger partial charge in [0.15, 0.2) is 5.71 Å². The van der Waals surface area contributed by atoms with Crippen LogP contribution in [0.15, 0.2) is 69.6 Å². The fourth-order valence-electron chi connectivity index (χ4n) is 2.75. The second-order valence-corrected chi connectivity index (χ2v) is 8.93. The number of hydrogen-bond donors (Lipinski definition) is 0. The smallest absolute Gasteiger partial charge is 0.279 e. The van der Waals surface area contributed by atoms with Crippen LogP contribution in [0.25, 0.3) is 0 Å². The van der Waals surface area contributed by atoms with Gasteiger partial charge in [0.2, 0.25) is 0 Å². The van der Waals surface area contributed by atoms with Crippen molar-refractivity contribution in [3.8, 4) is 0 Å². The summed E-state index contributed by atoms with van der Waals surface area (Å²) in [5.74, 6) is -0.367. The van der Waals surface area contributed by atoms with Crippen LogP contribution in [-0.2, 0) is 14.8 Å². The Balaban J connectivity index is 2.05. The van der Waals surface area contributed by atoms with E-state index in [-0.39, 0.29) is 16.5 Å². The Kier molecular flexibility index (Phi) is 5.21. The molecule has 1 aliphatic rings. The van der Waals surface area contributed by atoms with E-state index in [0.29, 0.717) is 17.8 Å². The van der Waals surface area contributed by atoms with Crippen LogP contribution in [-0.4, -0.2) is 38.0 Å². The van der Waals surface area contributed by atoms with E-state index in [2.05, 4.69) is 27.6 Å². The summed E-state index contributed by atoms with van der Waals surface area (Å²) in [6.45, 7) is 5.85. The van der Waals surface area contributed by atoms with Crippen molar-refractivity contribution in [2.45, 2.75) is 11.8 Å². The summed E-state index contributed by atoms with van der Waals surface area (Å²) in [7, 11) is -2.54. The van der Waals surface area contributed by atoms with Gasteiger partial charge < -0.3 is 4.90 Å². The van der Waals surface area contributed by atoms with E-state index >= 15 is 0 Å². The summed E-state index contributed by atoms with van der Waals surface area (Å²) in [4.78, 5) is 14.4. The van der Waals surface area contributed by atoms with Crippen molar-refractivity contribution in [3.05, 3.63) is 70.7 Å². The Bertz CT molecular complexity index is 1050.